The van der Waals surface area contributed by atoms with Crippen molar-refractivity contribution in [1.29, 1.82) is 0 Å². The van der Waals surface area contributed by atoms with Gasteiger partial charge in [0, 0.05) is 18.8 Å². The standard InChI is InChI=1S/C13H21N3O4S/c1-9(2)7-10(8-14)15-11-5-4-6-12(21(3,19)20)13(11)16(17)18/h4-6,9-10,15H,7-8,14H2,1-3H3. The first-order valence-corrected chi connectivity index (χ1v) is 8.50. The first-order chi connectivity index (χ1) is 9.66. The Morgan fingerprint density at radius 1 is 1.38 bits per heavy atom. The monoisotopic (exact) mass is 315 g/mol. The number of rotatable bonds is 7. The van der Waals surface area contributed by atoms with E-state index in [0.717, 1.165) is 12.7 Å². The minimum atomic E-state index is -3.68. The maximum absolute atomic E-state index is 11.7. The summed E-state index contributed by atoms with van der Waals surface area (Å²) in [5.41, 5.74) is 5.42. The van der Waals surface area contributed by atoms with Crippen molar-refractivity contribution in [3.63, 3.8) is 0 Å². The molecule has 0 amide bonds. The summed E-state index contributed by atoms with van der Waals surface area (Å²) in [4.78, 5) is 10.3. The van der Waals surface area contributed by atoms with Gasteiger partial charge in [-0.25, -0.2) is 8.42 Å². The number of para-hydroxylation sites is 1. The van der Waals surface area contributed by atoms with Crippen molar-refractivity contribution in [1.82, 2.24) is 0 Å². The van der Waals surface area contributed by atoms with Crippen molar-refractivity contribution >= 4 is 21.2 Å². The van der Waals surface area contributed by atoms with Crippen molar-refractivity contribution in [3.05, 3.63) is 28.3 Å². The average molecular weight is 315 g/mol. The normalized spacial score (nSPS) is 13.2. The molecule has 7 nitrogen and oxygen atoms in total. The smallest absolute Gasteiger partial charge is 0.310 e. The molecule has 1 aromatic carbocycles. The number of hydrogen-bond donors (Lipinski definition) is 2. The van der Waals surface area contributed by atoms with Gasteiger partial charge >= 0.3 is 5.69 Å². The molecule has 0 bridgehead atoms. The first kappa shape index (κ1) is 17.4. The number of benzene rings is 1. The largest absolute Gasteiger partial charge is 0.375 e. The van der Waals surface area contributed by atoms with Gasteiger partial charge in [-0.1, -0.05) is 19.9 Å². The van der Waals surface area contributed by atoms with Crippen LogP contribution in [-0.4, -0.2) is 32.2 Å². The predicted octanol–water partition coefficient (Wildman–Crippen LogP) is 1.78. The lowest BCUT2D eigenvalue weighted by Crippen LogP contribution is -2.30. The van der Waals surface area contributed by atoms with Gasteiger partial charge < -0.3 is 11.1 Å². The summed E-state index contributed by atoms with van der Waals surface area (Å²) < 4.78 is 23.4. The molecule has 0 aliphatic rings. The van der Waals surface area contributed by atoms with Gasteiger partial charge in [-0.15, -0.1) is 0 Å². The maximum Gasteiger partial charge on any atom is 0.310 e. The van der Waals surface area contributed by atoms with Crippen LogP contribution in [0.5, 0.6) is 0 Å². The molecule has 0 fully saturated rings. The van der Waals surface area contributed by atoms with Crippen LogP contribution in [0.3, 0.4) is 0 Å². The number of nitro groups is 1. The van der Waals surface area contributed by atoms with Gasteiger partial charge in [0.2, 0.25) is 0 Å². The lowest BCUT2D eigenvalue weighted by Gasteiger charge is -2.20. The van der Waals surface area contributed by atoms with Gasteiger partial charge in [0.15, 0.2) is 9.84 Å². The van der Waals surface area contributed by atoms with Gasteiger partial charge in [-0.3, -0.25) is 10.1 Å². The number of nitrogens with zero attached hydrogens (tertiary/aromatic N) is 1. The van der Waals surface area contributed by atoms with Gasteiger partial charge in [0.1, 0.15) is 10.6 Å². The SMILES string of the molecule is CC(C)CC(CN)Nc1cccc(S(C)(=O)=O)c1[N+](=O)[O-]. The molecule has 0 saturated heterocycles. The summed E-state index contributed by atoms with van der Waals surface area (Å²) in [6.45, 7) is 4.34. The topological polar surface area (TPSA) is 115 Å². The average Bonchev–Trinajstić information content (AvgIpc) is 2.35. The molecule has 8 heteroatoms. The van der Waals surface area contributed by atoms with Crippen LogP contribution in [0, 0.1) is 16.0 Å². The lowest BCUT2D eigenvalue weighted by molar-refractivity contribution is -0.386. The molecule has 0 saturated carbocycles. The van der Waals surface area contributed by atoms with Crippen LogP contribution in [-0.2, 0) is 9.84 Å². The fourth-order valence-corrected chi connectivity index (χ4v) is 2.99. The third-order valence-electron chi connectivity index (χ3n) is 2.98. The third kappa shape index (κ3) is 4.68. The van der Waals surface area contributed by atoms with Crippen LogP contribution in [0.15, 0.2) is 23.1 Å². The van der Waals surface area contributed by atoms with Crippen molar-refractivity contribution in [3.8, 4) is 0 Å². The molecule has 1 unspecified atom stereocenters. The Bertz CT molecular complexity index is 614. The van der Waals surface area contributed by atoms with Crippen molar-refractivity contribution < 1.29 is 13.3 Å². The van der Waals surface area contributed by atoms with E-state index in [1.807, 2.05) is 13.8 Å². The lowest BCUT2D eigenvalue weighted by atomic mass is 10.0. The Morgan fingerprint density at radius 2 is 2.00 bits per heavy atom. The molecule has 0 spiro atoms. The molecule has 0 radical (unpaired) electrons. The Labute approximate surface area is 124 Å². The second kappa shape index (κ2) is 6.86. The summed E-state index contributed by atoms with van der Waals surface area (Å²) in [5.74, 6) is 0.364. The van der Waals surface area contributed by atoms with Crippen molar-refractivity contribution in [2.75, 3.05) is 18.1 Å². The Balaban J connectivity index is 3.27. The molecule has 0 aliphatic heterocycles. The zero-order valence-corrected chi connectivity index (χ0v) is 13.2. The molecule has 0 aromatic heterocycles. The summed E-state index contributed by atoms with van der Waals surface area (Å²) in [7, 11) is -3.68. The molecule has 1 aromatic rings. The summed E-state index contributed by atoms with van der Waals surface area (Å²) in [6, 6.07) is 4.06. The molecule has 1 atom stereocenters. The molecule has 118 valence electrons. The zero-order valence-electron chi connectivity index (χ0n) is 12.4. The zero-order chi connectivity index (χ0) is 16.2. The van der Waals surface area contributed by atoms with Gasteiger partial charge in [-0.05, 0) is 24.5 Å². The van der Waals surface area contributed by atoms with E-state index in [1.165, 1.54) is 18.2 Å². The molecule has 3 N–H and O–H groups in total. The number of hydrogen-bond acceptors (Lipinski definition) is 6. The number of sulfone groups is 1. The second-order valence-electron chi connectivity index (χ2n) is 5.39. The van der Waals surface area contributed by atoms with Crippen LogP contribution in [0.4, 0.5) is 11.4 Å². The van der Waals surface area contributed by atoms with E-state index in [0.29, 0.717) is 12.5 Å². The summed E-state index contributed by atoms with van der Waals surface area (Å²) in [6.07, 6.45) is 1.68. The van der Waals surface area contributed by atoms with Crippen LogP contribution < -0.4 is 11.1 Å². The summed E-state index contributed by atoms with van der Waals surface area (Å²) in [5, 5.41) is 14.2. The van der Waals surface area contributed by atoms with E-state index < -0.39 is 20.4 Å². The van der Waals surface area contributed by atoms with E-state index in [9.17, 15) is 18.5 Å². The van der Waals surface area contributed by atoms with Crippen LogP contribution in [0.1, 0.15) is 20.3 Å². The van der Waals surface area contributed by atoms with Crippen LogP contribution in [0.25, 0.3) is 0 Å². The molecule has 0 aliphatic carbocycles. The van der Waals surface area contributed by atoms with Gasteiger partial charge in [0.05, 0.1) is 4.92 Å². The van der Waals surface area contributed by atoms with Gasteiger partial charge in [0.25, 0.3) is 0 Å². The molecular formula is C13H21N3O4S. The fourth-order valence-electron chi connectivity index (χ4n) is 2.13. The maximum atomic E-state index is 11.7. The van der Waals surface area contributed by atoms with E-state index in [-0.39, 0.29) is 16.6 Å². The fraction of sp³-hybridized carbons (Fsp3) is 0.538. The molecule has 0 heterocycles. The quantitative estimate of drug-likeness (QED) is 0.585. The van der Waals surface area contributed by atoms with E-state index in [2.05, 4.69) is 5.32 Å². The molecule has 21 heavy (non-hydrogen) atoms. The Kier molecular flexibility index (Phi) is 5.68. The third-order valence-corrected chi connectivity index (χ3v) is 4.11. The number of nitro benzene ring substituents is 1. The number of nitrogens with two attached hydrogens (primary N) is 1. The number of anilines is 1. The Morgan fingerprint density at radius 3 is 2.43 bits per heavy atom. The first-order valence-electron chi connectivity index (χ1n) is 6.60. The van der Waals surface area contributed by atoms with Crippen LogP contribution in [0.2, 0.25) is 0 Å². The van der Waals surface area contributed by atoms with Gasteiger partial charge in [-0.2, -0.15) is 0 Å². The highest BCUT2D eigenvalue weighted by atomic mass is 32.2. The Hall–Kier alpha value is -1.67. The van der Waals surface area contributed by atoms with Crippen LogP contribution >= 0.6 is 0 Å². The summed E-state index contributed by atoms with van der Waals surface area (Å²) >= 11 is 0. The molecule has 1 rings (SSSR count). The van der Waals surface area contributed by atoms with E-state index in [4.69, 9.17) is 5.73 Å². The van der Waals surface area contributed by atoms with E-state index >= 15 is 0 Å². The van der Waals surface area contributed by atoms with E-state index in [1.54, 1.807) is 0 Å². The van der Waals surface area contributed by atoms with Crippen molar-refractivity contribution in [2.24, 2.45) is 11.7 Å². The molecular weight excluding hydrogens is 294 g/mol. The second-order valence-corrected chi connectivity index (χ2v) is 7.37. The van der Waals surface area contributed by atoms with Crippen molar-refractivity contribution in [2.45, 2.75) is 31.2 Å². The minimum Gasteiger partial charge on any atom is -0.375 e. The predicted molar refractivity (Wildman–Crippen MR) is 82.1 cm³/mol. The highest BCUT2D eigenvalue weighted by Gasteiger charge is 2.27. The highest BCUT2D eigenvalue weighted by molar-refractivity contribution is 7.90. The minimum absolute atomic E-state index is 0.154. The highest BCUT2D eigenvalue weighted by Crippen LogP contribution is 2.32. The number of nitrogens with one attached hydrogen (secondary N) is 1.